The van der Waals surface area contributed by atoms with Crippen LogP contribution in [0, 0.1) is 0 Å². The maximum Gasteiger partial charge on any atom is 0.368 e. The van der Waals surface area contributed by atoms with E-state index in [1.165, 1.54) is 0 Å². The van der Waals surface area contributed by atoms with E-state index in [0.29, 0.717) is 12.2 Å². The number of hydrogen-bond acceptors (Lipinski definition) is 4. The summed E-state index contributed by atoms with van der Waals surface area (Å²) in [5, 5.41) is 0. The maximum absolute atomic E-state index is 10.9. The molecule has 0 aliphatic heterocycles. The van der Waals surface area contributed by atoms with E-state index in [1.54, 1.807) is 6.92 Å². The van der Waals surface area contributed by atoms with E-state index in [0.717, 1.165) is 5.75 Å². The molecule has 0 unspecified atom stereocenters. The molecule has 0 atom stereocenters. The maximum atomic E-state index is 10.9. The van der Waals surface area contributed by atoms with Crippen LogP contribution in [0.2, 0.25) is 0 Å². The van der Waals surface area contributed by atoms with E-state index in [-0.39, 0.29) is 6.61 Å². The number of carbonyl (C=O) groups excluding carboxylic acids is 1. The van der Waals surface area contributed by atoms with Crippen LogP contribution in [-0.2, 0) is 14.6 Å². The molecule has 86 valence electrons. The van der Waals surface area contributed by atoms with Gasteiger partial charge in [0.05, 0.1) is 0 Å². The summed E-state index contributed by atoms with van der Waals surface area (Å²) in [7, 11) is 0. The zero-order chi connectivity index (χ0) is 11.8. The van der Waals surface area contributed by atoms with Gasteiger partial charge in [-0.15, -0.1) is 0 Å². The highest BCUT2D eigenvalue weighted by Crippen LogP contribution is 2.07. The minimum Gasteiger partial charge on any atom is -0.491 e. The summed E-state index contributed by atoms with van der Waals surface area (Å²) < 4.78 is 5.31. The van der Waals surface area contributed by atoms with Gasteiger partial charge in [0, 0.05) is 5.57 Å². The Morgan fingerprint density at radius 3 is 2.56 bits per heavy atom. The van der Waals surface area contributed by atoms with Crippen LogP contribution in [0.25, 0.3) is 0 Å². The van der Waals surface area contributed by atoms with Crippen molar-refractivity contribution < 1.29 is 19.3 Å². The summed E-state index contributed by atoms with van der Waals surface area (Å²) in [6.45, 7) is 5.45. The van der Waals surface area contributed by atoms with Crippen molar-refractivity contribution in [3.05, 3.63) is 42.5 Å². The van der Waals surface area contributed by atoms with Crippen molar-refractivity contribution in [2.75, 3.05) is 13.2 Å². The first-order valence-electron chi connectivity index (χ1n) is 4.87. The molecule has 0 aromatic heterocycles. The summed E-state index contributed by atoms with van der Waals surface area (Å²) in [5.74, 6) is 0.178. The van der Waals surface area contributed by atoms with Gasteiger partial charge in [-0.25, -0.2) is 4.79 Å². The quantitative estimate of drug-likeness (QED) is 0.320. The Balaban J connectivity index is 2.09. The molecule has 0 radical (unpaired) electrons. The number of para-hydroxylation sites is 1. The second-order valence-corrected chi connectivity index (χ2v) is 3.13. The Kier molecular flexibility index (Phi) is 5.08. The van der Waals surface area contributed by atoms with Crippen molar-refractivity contribution in [3.63, 3.8) is 0 Å². The molecule has 0 fully saturated rings. The summed E-state index contributed by atoms with van der Waals surface area (Å²) >= 11 is 0. The van der Waals surface area contributed by atoms with Gasteiger partial charge in [0.2, 0.25) is 0 Å². The third-order valence-electron chi connectivity index (χ3n) is 1.66. The summed E-state index contributed by atoms with van der Waals surface area (Å²) in [5.41, 5.74) is 0.295. The number of carbonyl (C=O) groups is 1. The van der Waals surface area contributed by atoms with E-state index in [2.05, 4.69) is 16.4 Å². The van der Waals surface area contributed by atoms with Gasteiger partial charge >= 0.3 is 5.97 Å². The molecular weight excluding hydrogens is 208 g/mol. The molecule has 0 N–H and O–H groups in total. The van der Waals surface area contributed by atoms with Crippen molar-refractivity contribution in [2.45, 2.75) is 6.92 Å². The molecular formula is C12H14O4. The van der Waals surface area contributed by atoms with Crippen LogP contribution in [0.15, 0.2) is 42.5 Å². The fourth-order valence-electron chi connectivity index (χ4n) is 0.877. The van der Waals surface area contributed by atoms with Crippen LogP contribution in [-0.4, -0.2) is 19.2 Å². The zero-order valence-electron chi connectivity index (χ0n) is 9.14. The monoisotopic (exact) mass is 222 g/mol. The number of ether oxygens (including phenoxy) is 1. The molecule has 0 bridgehead atoms. The van der Waals surface area contributed by atoms with Crippen molar-refractivity contribution in [1.29, 1.82) is 0 Å². The number of benzene rings is 1. The molecule has 1 aromatic rings. The second kappa shape index (κ2) is 6.63. The SMILES string of the molecule is C=C(C)C(=O)OOCCOc1ccccc1. The highest BCUT2D eigenvalue weighted by Gasteiger charge is 2.03. The van der Waals surface area contributed by atoms with Crippen LogP contribution in [0.4, 0.5) is 0 Å². The summed E-state index contributed by atoms with van der Waals surface area (Å²) in [6, 6.07) is 9.31. The highest BCUT2D eigenvalue weighted by atomic mass is 17.2. The molecule has 0 heterocycles. The van der Waals surface area contributed by atoms with Crippen LogP contribution >= 0.6 is 0 Å². The first kappa shape index (κ1) is 12.3. The topological polar surface area (TPSA) is 44.8 Å². The Hall–Kier alpha value is -1.81. The van der Waals surface area contributed by atoms with Crippen molar-refractivity contribution in [3.8, 4) is 5.75 Å². The highest BCUT2D eigenvalue weighted by molar-refractivity contribution is 5.86. The first-order chi connectivity index (χ1) is 7.70. The third-order valence-corrected chi connectivity index (χ3v) is 1.66. The van der Waals surface area contributed by atoms with E-state index in [1.807, 2.05) is 30.3 Å². The lowest BCUT2D eigenvalue weighted by Gasteiger charge is -2.05. The fraction of sp³-hybridized carbons (Fsp3) is 0.250. The molecule has 0 aliphatic rings. The van der Waals surface area contributed by atoms with Crippen molar-refractivity contribution >= 4 is 5.97 Å². The van der Waals surface area contributed by atoms with E-state index >= 15 is 0 Å². The zero-order valence-corrected chi connectivity index (χ0v) is 9.14. The molecule has 0 aliphatic carbocycles. The standard InChI is InChI=1S/C12H14O4/c1-10(2)12(13)16-15-9-8-14-11-6-4-3-5-7-11/h3-7H,1,8-9H2,2H3. The van der Waals surface area contributed by atoms with E-state index in [9.17, 15) is 4.79 Å². The Labute approximate surface area is 94.4 Å². The number of rotatable bonds is 6. The molecule has 16 heavy (non-hydrogen) atoms. The molecule has 0 saturated carbocycles. The van der Waals surface area contributed by atoms with Gasteiger partial charge in [-0.3, -0.25) is 4.89 Å². The van der Waals surface area contributed by atoms with Crippen LogP contribution in [0.1, 0.15) is 6.92 Å². The Bertz CT molecular complexity index is 345. The largest absolute Gasteiger partial charge is 0.491 e. The van der Waals surface area contributed by atoms with Crippen LogP contribution in [0.5, 0.6) is 5.75 Å². The molecule has 0 spiro atoms. The normalized spacial score (nSPS) is 9.56. The lowest BCUT2D eigenvalue weighted by atomic mass is 10.3. The predicted molar refractivity (Wildman–Crippen MR) is 58.8 cm³/mol. The number of hydrogen-bond donors (Lipinski definition) is 0. The second-order valence-electron chi connectivity index (χ2n) is 3.13. The fourth-order valence-corrected chi connectivity index (χ4v) is 0.877. The third kappa shape index (κ3) is 4.61. The molecule has 1 aromatic carbocycles. The van der Waals surface area contributed by atoms with Crippen molar-refractivity contribution in [2.24, 2.45) is 0 Å². The summed E-state index contributed by atoms with van der Waals surface area (Å²) in [4.78, 5) is 20.0. The molecule has 4 nitrogen and oxygen atoms in total. The first-order valence-corrected chi connectivity index (χ1v) is 4.87. The Morgan fingerprint density at radius 2 is 1.94 bits per heavy atom. The van der Waals surface area contributed by atoms with Gasteiger partial charge in [0.1, 0.15) is 19.0 Å². The smallest absolute Gasteiger partial charge is 0.368 e. The minimum absolute atomic E-state index is 0.175. The minimum atomic E-state index is -0.570. The molecule has 1 rings (SSSR count). The molecule has 0 saturated heterocycles. The summed E-state index contributed by atoms with van der Waals surface area (Å²) in [6.07, 6.45) is 0. The average molecular weight is 222 g/mol. The molecule has 0 amide bonds. The van der Waals surface area contributed by atoms with Gasteiger partial charge in [0.25, 0.3) is 0 Å². The van der Waals surface area contributed by atoms with Crippen molar-refractivity contribution in [1.82, 2.24) is 0 Å². The van der Waals surface area contributed by atoms with Crippen LogP contribution in [0.3, 0.4) is 0 Å². The lowest BCUT2D eigenvalue weighted by Crippen LogP contribution is -2.11. The van der Waals surface area contributed by atoms with Gasteiger partial charge in [-0.2, -0.15) is 4.89 Å². The average Bonchev–Trinajstić information content (AvgIpc) is 2.29. The van der Waals surface area contributed by atoms with Gasteiger partial charge in [0.15, 0.2) is 0 Å². The van der Waals surface area contributed by atoms with Gasteiger partial charge in [-0.1, -0.05) is 24.8 Å². The van der Waals surface area contributed by atoms with E-state index in [4.69, 9.17) is 4.74 Å². The van der Waals surface area contributed by atoms with Gasteiger partial charge in [-0.05, 0) is 19.1 Å². The molecule has 4 heteroatoms. The van der Waals surface area contributed by atoms with Gasteiger partial charge < -0.3 is 4.74 Å². The predicted octanol–water partition coefficient (Wildman–Crippen LogP) is 2.12. The lowest BCUT2D eigenvalue weighted by molar-refractivity contribution is -0.270. The van der Waals surface area contributed by atoms with Crippen LogP contribution < -0.4 is 4.74 Å². The van der Waals surface area contributed by atoms with E-state index < -0.39 is 5.97 Å². The Morgan fingerprint density at radius 1 is 1.25 bits per heavy atom.